The van der Waals surface area contributed by atoms with Crippen LogP contribution in [0.1, 0.15) is 45.1 Å². The molecule has 0 aliphatic heterocycles. The molecule has 0 bridgehead atoms. The zero-order valence-corrected chi connectivity index (χ0v) is 14.2. The van der Waals surface area contributed by atoms with Crippen LogP contribution in [0, 0.1) is 12.3 Å². The average Bonchev–Trinajstić information content (AvgIpc) is 2.41. The van der Waals surface area contributed by atoms with E-state index in [0.717, 1.165) is 31.2 Å². The number of hydrogen-bond donors (Lipinski definition) is 1. The van der Waals surface area contributed by atoms with Gasteiger partial charge >= 0.3 is 0 Å². The first kappa shape index (κ1) is 16.3. The molecule has 0 atom stereocenters. The lowest BCUT2D eigenvalue weighted by Crippen LogP contribution is -2.40. The topological polar surface area (TPSA) is 63.4 Å². The van der Waals surface area contributed by atoms with Gasteiger partial charge in [0.05, 0.1) is 4.90 Å². The molecular formula is C16H26N2O2S. The summed E-state index contributed by atoms with van der Waals surface area (Å²) in [7, 11) is -1.74. The van der Waals surface area contributed by atoms with Gasteiger partial charge in [0.15, 0.2) is 0 Å². The highest BCUT2D eigenvalue weighted by atomic mass is 32.2. The Morgan fingerprint density at radius 3 is 2.33 bits per heavy atom. The van der Waals surface area contributed by atoms with Crippen LogP contribution in [-0.4, -0.2) is 25.8 Å². The van der Waals surface area contributed by atoms with E-state index >= 15 is 0 Å². The minimum Gasteiger partial charge on any atom is -0.399 e. The van der Waals surface area contributed by atoms with Gasteiger partial charge in [-0.25, -0.2) is 8.42 Å². The maximum Gasteiger partial charge on any atom is 0.243 e. The van der Waals surface area contributed by atoms with Crippen LogP contribution in [-0.2, 0) is 10.0 Å². The molecule has 1 aliphatic carbocycles. The minimum atomic E-state index is -3.44. The summed E-state index contributed by atoms with van der Waals surface area (Å²) < 4.78 is 27.0. The molecule has 5 heteroatoms. The van der Waals surface area contributed by atoms with Gasteiger partial charge in [0, 0.05) is 18.8 Å². The SMILES string of the molecule is Cc1cc(S(=O)(=O)N(C)C2CCC(C)(C)CC2)ccc1N. The molecule has 0 saturated heterocycles. The average molecular weight is 310 g/mol. The number of nitrogens with two attached hydrogens (primary N) is 1. The van der Waals surface area contributed by atoms with Gasteiger partial charge in [-0.05, 0) is 61.8 Å². The van der Waals surface area contributed by atoms with Gasteiger partial charge in [-0.3, -0.25) is 0 Å². The first-order valence-electron chi connectivity index (χ1n) is 7.48. The zero-order chi connectivity index (χ0) is 15.8. The molecule has 0 unspecified atom stereocenters. The largest absolute Gasteiger partial charge is 0.399 e. The molecule has 0 radical (unpaired) electrons. The maximum absolute atomic E-state index is 12.7. The Morgan fingerprint density at radius 2 is 1.81 bits per heavy atom. The van der Waals surface area contributed by atoms with E-state index in [1.54, 1.807) is 29.6 Å². The van der Waals surface area contributed by atoms with Crippen molar-refractivity contribution in [1.82, 2.24) is 4.31 Å². The number of anilines is 1. The van der Waals surface area contributed by atoms with Gasteiger partial charge in [0.1, 0.15) is 0 Å². The third-order valence-corrected chi connectivity index (χ3v) is 6.65. The number of aryl methyl sites for hydroxylation is 1. The molecule has 0 aromatic heterocycles. The van der Waals surface area contributed by atoms with E-state index in [0.29, 0.717) is 16.0 Å². The van der Waals surface area contributed by atoms with Crippen molar-refractivity contribution in [1.29, 1.82) is 0 Å². The molecule has 118 valence electrons. The van der Waals surface area contributed by atoms with E-state index in [1.807, 2.05) is 6.92 Å². The fourth-order valence-corrected chi connectivity index (χ4v) is 4.42. The maximum atomic E-state index is 12.7. The van der Waals surface area contributed by atoms with Gasteiger partial charge in [-0.15, -0.1) is 0 Å². The van der Waals surface area contributed by atoms with Crippen molar-refractivity contribution in [2.24, 2.45) is 5.41 Å². The predicted octanol–water partition coefficient (Wildman–Crippen LogP) is 3.17. The summed E-state index contributed by atoms with van der Waals surface area (Å²) in [4.78, 5) is 0.335. The summed E-state index contributed by atoms with van der Waals surface area (Å²) in [5, 5.41) is 0. The van der Waals surface area contributed by atoms with Gasteiger partial charge < -0.3 is 5.73 Å². The predicted molar refractivity (Wildman–Crippen MR) is 86.6 cm³/mol. The summed E-state index contributed by atoms with van der Waals surface area (Å²) in [6, 6.07) is 5.02. The lowest BCUT2D eigenvalue weighted by atomic mass is 9.76. The van der Waals surface area contributed by atoms with Crippen LogP contribution in [0.3, 0.4) is 0 Å². The Hall–Kier alpha value is -1.07. The standard InChI is InChI=1S/C16H26N2O2S/c1-12-11-14(5-6-15(12)17)21(19,20)18(4)13-7-9-16(2,3)10-8-13/h5-6,11,13H,7-10,17H2,1-4H3. The molecule has 4 nitrogen and oxygen atoms in total. The smallest absolute Gasteiger partial charge is 0.243 e. The molecule has 0 spiro atoms. The normalized spacial score (nSPS) is 19.9. The van der Waals surface area contributed by atoms with Crippen molar-refractivity contribution >= 4 is 15.7 Å². The zero-order valence-electron chi connectivity index (χ0n) is 13.4. The molecular weight excluding hydrogens is 284 g/mol. The first-order chi connectivity index (χ1) is 9.63. The number of sulfonamides is 1. The van der Waals surface area contributed by atoms with Crippen LogP contribution < -0.4 is 5.73 Å². The number of nitrogen functional groups attached to an aromatic ring is 1. The van der Waals surface area contributed by atoms with E-state index < -0.39 is 10.0 Å². The van der Waals surface area contributed by atoms with Crippen molar-refractivity contribution in [2.45, 2.75) is 57.4 Å². The lowest BCUT2D eigenvalue weighted by Gasteiger charge is -2.38. The van der Waals surface area contributed by atoms with E-state index in [-0.39, 0.29) is 6.04 Å². The van der Waals surface area contributed by atoms with Crippen molar-refractivity contribution in [2.75, 3.05) is 12.8 Å². The van der Waals surface area contributed by atoms with E-state index in [9.17, 15) is 8.42 Å². The summed E-state index contributed by atoms with van der Waals surface area (Å²) in [5.74, 6) is 0. The van der Waals surface area contributed by atoms with Crippen LogP contribution in [0.25, 0.3) is 0 Å². The van der Waals surface area contributed by atoms with Crippen molar-refractivity contribution in [3.63, 3.8) is 0 Å². The highest BCUT2D eigenvalue weighted by Gasteiger charge is 2.34. The quantitative estimate of drug-likeness (QED) is 0.872. The van der Waals surface area contributed by atoms with Gasteiger partial charge in [0.25, 0.3) is 0 Å². The van der Waals surface area contributed by atoms with E-state index in [2.05, 4.69) is 13.8 Å². The second-order valence-electron chi connectivity index (χ2n) is 6.94. The van der Waals surface area contributed by atoms with Crippen molar-refractivity contribution in [3.8, 4) is 0 Å². The molecule has 1 aromatic rings. The highest BCUT2D eigenvalue weighted by Crippen LogP contribution is 2.37. The molecule has 1 saturated carbocycles. The fraction of sp³-hybridized carbons (Fsp3) is 0.625. The fourth-order valence-electron chi connectivity index (χ4n) is 2.92. The Bertz CT molecular complexity index is 613. The van der Waals surface area contributed by atoms with Crippen LogP contribution in [0.4, 0.5) is 5.69 Å². The number of hydrogen-bond acceptors (Lipinski definition) is 3. The second kappa shape index (κ2) is 5.61. The summed E-state index contributed by atoms with van der Waals surface area (Å²) in [5.41, 5.74) is 7.53. The van der Waals surface area contributed by atoms with Crippen LogP contribution in [0.5, 0.6) is 0 Å². The van der Waals surface area contributed by atoms with E-state index in [4.69, 9.17) is 5.73 Å². The Morgan fingerprint density at radius 1 is 1.24 bits per heavy atom. The molecule has 21 heavy (non-hydrogen) atoms. The van der Waals surface area contributed by atoms with Crippen LogP contribution >= 0.6 is 0 Å². The first-order valence-corrected chi connectivity index (χ1v) is 8.92. The summed E-state index contributed by atoms with van der Waals surface area (Å²) >= 11 is 0. The number of rotatable bonds is 3. The number of nitrogens with zero attached hydrogens (tertiary/aromatic N) is 1. The summed E-state index contributed by atoms with van der Waals surface area (Å²) in [6.07, 6.45) is 3.99. The molecule has 1 aliphatic rings. The third kappa shape index (κ3) is 3.40. The third-order valence-electron chi connectivity index (χ3n) is 4.74. The molecule has 2 rings (SSSR count). The second-order valence-corrected chi connectivity index (χ2v) is 8.93. The molecule has 2 N–H and O–H groups in total. The molecule has 0 heterocycles. The van der Waals surface area contributed by atoms with Crippen LogP contribution in [0.2, 0.25) is 0 Å². The number of benzene rings is 1. The highest BCUT2D eigenvalue weighted by molar-refractivity contribution is 7.89. The Labute approximate surface area is 128 Å². The molecule has 0 amide bonds. The van der Waals surface area contributed by atoms with Gasteiger partial charge in [-0.2, -0.15) is 4.31 Å². The minimum absolute atomic E-state index is 0.0980. The van der Waals surface area contributed by atoms with Crippen molar-refractivity contribution < 1.29 is 8.42 Å². The van der Waals surface area contributed by atoms with E-state index in [1.165, 1.54) is 0 Å². The monoisotopic (exact) mass is 310 g/mol. The van der Waals surface area contributed by atoms with Crippen molar-refractivity contribution in [3.05, 3.63) is 23.8 Å². The molecule has 1 fully saturated rings. The molecule has 1 aromatic carbocycles. The summed E-state index contributed by atoms with van der Waals surface area (Å²) in [6.45, 7) is 6.33. The Kier molecular flexibility index (Phi) is 4.36. The lowest BCUT2D eigenvalue weighted by molar-refractivity contribution is 0.174. The Balaban J connectivity index is 2.21. The van der Waals surface area contributed by atoms with Crippen LogP contribution in [0.15, 0.2) is 23.1 Å². The van der Waals surface area contributed by atoms with Gasteiger partial charge in [0.2, 0.25) is 10.0 Å². The van der Waals surface area contributed by atoms with Gasteiger partial charge in [-0.1, -0.05) is 13.8 Å².